The molecule has 0 spiro atoms. The summed E-state index contributed by atoms with van der Waals surface area (Å²) < 4.78 is 53.2. The van der Waals surface area contributed by atoms with Crippen LogP contribution in [0.15, 0.2) is 30.6 Å². The van der Waals surface area contributed by atoms with Gasteiger partial charge in [0.2, 0.25) is 0 Å². The number of aromatic nitrogens is 2. The Hall–Kier alpha value is -2.57. The number of nitrogens with one attached hydrogen (secondary N) is 2. The molecule has 0 radical (unpaired) electrons. The fourth-order valence-corrected chi connectivity index (χ4v) is 2.07. The van der Waals surface area contributed by atoms with Gasteiger partial charge < -0.3 is 10.3 Å². The lowest BCUT2D eigenvalue weighted by molar-refractivity contribution is 0.458. The highest BCUT2D eigenvalue weighted by atomic mass is 19.2. The van der Waals surface area contributed by atoms with E-state index in [1.54, 1.807) is 24.5 Å². The Kier molecular flexibility index (Phi) is 3.25. The first kappa shape index (κ1) is 13.4. The van der Waals surface area contributed by atoms with Crippen molar-refractivity contribution in [3.8, 4) is 0 Å². The number of anilines is 1. The van der Waals surface area contributed by atoms with E-state index in [0.29, 0.717) is 11.2 Å². The first-order chi connectivity index (χ1) is 10.1. The van der Waals surface area contributed by atoms with Crippen molar-refractivity contribution in [1.29, 1.82) is 0 Å². The molecule has 0 aliphatic rings. The van der Waals surface area contributed by atoms with E-state index in [1.807, 2.05) is 0 Å². The average Bonchev–Trinajstić information content (AvgIpc) is 2.89. The van der Waals surface area contributed by atoms with Crippen molar-refractivity contribution < 1.29 is 17.6 Å². The lowest BCUT2D eigenvalue weighted by Gasteiger charge is -2.09. The van der Waals surface area contributed by atoms with Gasteiger partial charge in [0.1, 0.15) is 11.3 Å². The van der Waals surface area contributed by atoms with Crippen molar-refractivity contribution in [2.75, 3.05) is 5.32 Å². The second-order valence-corrected chi connectivity index (χ2v) is 4.41. The number of benzene rings is 1. The van der Waals surface area contributed by atoms with E-state index in [1.165, 1.54) is 0 Å². The lowest BCUT2D eigenvalue weighted by Crippen LogP contribution is -2.07. The van der Waals surface area contributed by atoms with E-state index in [2.05, 4.69) is 15.3 Å². The lowest BCUT2D eigenvalue weighted by atomic mass is 10.2. The molecule has 0 aliphatic carbocycles. The maximum atomic E-state index is 13.5. The SMILES string of the molecule is Fc1cc(F)c(F)c(NCc2c[nH]c3ncccc23)c1F. The second-order valence-electron chi connectivity index (χ2n) is 4.41. The zero-order valence-corrected chi connectivity index (χ0v) is 10.6. The van der Waals surface area contributed by atoms with Gasteiger partial charge in [0.15, 0.2) is 23.3 Å². The predicted molar refractivity (Wildman–Crippen MR) is 69.7 cm³/mol. The molecular weight excluding hydrogens is 286 g/mol. The Bertz CT molecular complexity index is 787. The Morgan fingerprint density at radius 3 is 2.52 bits per heavy atom. The molecule has 3 nitrogen and oxygen atoms in total. The minimum absolute atomic E-state index is 0.0115. The number of halogens is 4. The summed E-state index contributed by atoms with van der Waals surface area (Å²) in [5.41, 5.74) is 0.452. The number of fused-ring (bicyclic) bond motifs is 1. The van der Waals surface area contributed by atoms with E-state index >= 15 is 0 Å². The van der Waals surface area contributed by atoms with Crippen molar-refractivity contribution in [3.63, 3.8) is 0 Å². The fraction of sp³-hybridized carbons (Fsp3) is 0.0714. The van der Waals surface area contributed by atoms with Crippen molar-refractivity contribution in [3.05, 3.63) is 59.4 Å². The van der Waals surface area contributed by atoms with E-state index < -0.39 is 29.0 Å². The van der Waals surface area contributed by atoms with Crippen LogP contribution in [0.1, 0.15) is 5.56 Å². The Labute approximate surface area is 116 Å². The van der Waals surface area contributed by atoms with Gasteiger partial charge in [-0.15, -0.1) is 0 Å². The van der Waals surface area contributed by atoms with Crippen LogP contribution in [0.25, 0.3) is 11.0 Å². The Morgan fingerprint density at radius 1 is 1.10 bits per heavy atom. The molecule has 0 amide bonds. The normalized spacial score (nSPS) is 11.0. The standard InChI is InChI=1S/C14H9F4N3/c15-9-4-10(16)12(18)13(11(9)17)20-5-7-6-21-14-8(7)2-1-3-19-14/h1-4,6,20H,5H2,(H,19,21). The maximum absolute atomic E-state index is 13.5. The number of H-pyrrole nitrogens is 1. The fourth-order valence-electron chi connectivity index (χ4n) is 2.07. The summed E-state index contributed by atoms with van der Waals surface area (Å²) in [4.78, 5) is 6.96. The first-order valence-corrected chi connectivity index (χ1v) is 6.05. The van der Waals surface area contributed by atoms with Crippen LogP contribution in [0.5, 0.6) is 0 Å². The summed E-state index contributed by atoms with van der Waals surface area (Å²) in [6.45, 7) is -0.0115. The van der Waals surface area contributed by atoms with Gasteiger partial charge in [-0.1, -0.05) is 0 Å². The minimum Gasteiger partial charge on any atom is -0.376 e. The third kappa shape index (κ3) is 2.31. The molecule has 0 aliphatic heterocycles. The quantitative estimate of drug-likeness (QED) is 0.571. The van der Waals surface area contributed by atoms with Crippen LogP contribution >= 0.6 is 0 Å². The highest BCUT2D eigenvalue weighted by molar-refractivity contribution is 5.79. The number of pyridine rings is 1. The van der Waals surface area contributed by atoms with E-state index in [0.717, 1.165) is 5.39 Å². The number of hydrogen-bond acceptors (Lipinski definition) is 2. The van der Waals surface area contributed by atoms with E-state index in [4.69, 9.17) is 0 Å². The van der Waals surface area contributed by atoms with Gasteiger partial charge in [0.05, 0.1) is 0 Å². The molecule has 21 heavy (non-hydrogen) atoms. The largest absolute Gasteiger partial charge is 0.376 e. The molecule has 0 fully saturated rings. The Morgan fingerprint density at radius 2 is 1.81 bits per heavy atom. The van der Waals surface area contributed by atoms with Crippen LogP contribution < -0.4 is 5.32 Å². The molecule has 0 unspecified atom stereocenters. The highest BCUT2D eigenvalue weighted by Gasteiger charge is 2.19. The molecule has 2 heterocycles. The van der Waals surface area contributed by atoms with Gasteiger partial charge >= 0.3 is 0 Å². The molecule has 0 atom stereocenters. The number of aromatic amines is 1. The first-order valence-electron chi connectivity index (χ1n) is 6.05. The molecule has 0 bridgehead atoms. The van der Waals surface area contributed by atoms with Crippen molar-refractivity contribution in [2.45, 2.75) is 6.54 Å². The molecule has 3 rings (SSSR count). The van der Waals surface area contributed by atoms with E-state index in [-0.39, 0.29) is 12.6 Å². The number of hydrogen-bond donors (Lipinski definition) is 2. The summed E-state index contributed by atoms with van der Waals surface area (Å²) in [5, 5.41) is 3.13. The highest BCUT2D eigenvalue weighted by Crippen LogP contribution is 2.25. The molecular formula is C14H9F4N3. The van der Waals surface area contributed by atoms with Crippen LogP contribution in [0.2, 0.25) is 0 Å². The monoisotopic (exact) mass is 295 g/mol. The smallest absolute Gasteiger partial charge is 0.185 e. The van der Waals surface area contributed by atoms with Crippen LogP contribution in [-0.4, -0.2) is 9.97 Å². The van der Waals surface area contributed by atoms with Gasteiger partial charge in [0.25, 0.3) is 0 Å². The molecule has 2 aromatic heterocycles. The molecule has 7 heteroatoms. The summed E-state index contributed by atoms with van der Waals surface area (Å²) in [5.74, 6) is -5.80. The van der Waals surface area contributed by atoms with Gasteiger partial charge in [0, 0.05) is 30.4 Å². The van der Waals surface area contributed by atoms with Gasteiger partial charge in [-0.05, 0) is 17.7 Å². The minimum atomic E-state index is -1.45. The number of rotatable bonds is 3. The number of nitrogens with zero attached hydrogens (tertiary/aromatic N) is 1. The van der Waals surface area contributed by atoms with Crippen LogP contribution in [0.4, 0.5) is 23.2 Å². The topological polar surface area (TPSA) is 40.7 Å². The molecule has 0 saturated carbocycles. The molecule has 0 saturated heterocycles. The predicted octanol–water partition coefficient (Wildman–Crippen LogP) is 3.73. The van der Waals surface area contributed by atoms with Gasteiger partial charge in [-0.3, -0.25) is 0 Å². The van der Waals surface area contributed by atoms with Crippen LogP contribution in [0.3, 0.4) is 0 Å². The van der Waals surface area contributed by atoms with Crippen molar-refractivity contribution in [2.24, 2.45) is 0 Å². The molecule has 3 aromatic rings. The Balaban J connectivity index is 1.92. The second kappa shape index (κ2) is 5.08. The van der Waals surface area contributed by atoms with Crippen molar-refractivity contribution >= 4 is 16.7 Å². The summed E-state index contributed by atoms with van der Waals surface area (Å²) in [7, 11) is 0. The zero-order valence-electron chi connectivity index (χ0n) is 10.6. The summed E-state index contributed by atoms with van der Waals surface area (Å²) in [6.07, 6.45) is 3.20. The van der Waals surface area contributed by atoms with Crippen molar-refractivity contribution in [1.82, 2.24) is 9.97 Å². The molecule has 2 N–H and O–H groups in total. The zero-order chi connectivity index (χ0) is 15.0. The van der Waals surface area contributed by atoms with E-state index in [9.17, 15) is 17.6 Å². The van der Waals surface area contributed by atoms with Gasteiger partial charge in [-0.25, -0.2) is 22.5 Å². The van der Waals surface area contributed by atoms with Crippen LogP contribution in [0, 0.1) is 23.3 Å². The third-order valence-corrected chi connectivity index (χ3v) is 3.10. The summed E-state index contributed by atoms with van der Waals surface area (Å²) >= 11 is 0. The third-order valence-electron chi connectivity index (χ3n) is 3.10. The molecule has 108 valence electrons. The maximum Gasteiger partial charge on any atom is 0.185 e. The summed E-state index contributed by atoms with van der Waals surface area (Å²) in [6, 6.07) is 3.66. The molecule has 1 aromatic carbocycles. The van der Waals surface area contributed by atoms with Gasteiger partial charge in [-0.2, -0.15) is 0 Å². The average molecular weight is 295 g/mol. The van der Waals surface area contributed by atoms with Crippen LogP contribution in [-0.2, 0) is 6.54 Å².